The molecule has 0 saturated carbocycles. The van der Waals surface area contributed by atoms with Crippen molar-refractivity contribution < 1.29 is 27.3 Å². The Morgan fingerprint density at radius 2 is 1.42 bits per heavy atom. The van der Waals surface area contributed by atoms with Gasteiger partial charge >= 0.3 is 20.5 Å². The van der Waals surface area contributed by atoms with Gasteiger partial charge in [0.15, 0.2) is 16.6 Å². The predicted octanol–water partition coefficient (Wildman–Crippen LogP) is 4.20. The Labute approximate surface area is 161 Å². The molecule has 0 bridgehead atoms. The lowest BCUT2D eigenvalue weighted by Gasteiger charge is -2.37. The van der Waals surface area contributed by atoms with Gasteiger partial charge in [-0.2, -0.15) is 0 Å². The highest BCUT2D eigenvalue weighted by molar-refractivity contribution is 6.87. The molecule has 0 spiro atoms. The lowest BCUT2D eigenvalue weighted by atomic mass is 10.4. The summed E-state index contributed by atoms with van der Waals surface area (Å²) >= 11 is 0. The second kappa shape index (κ2) is 10.6. The van der Waals surface area contributed by atoms with E-state index < -0.39 is 37.1 Å². The summed E-state index contributed by atoms with van der Waals surface area (Å²) in [5, 5.41) is 0. The van der Waals surface area contributed by atoms with Crippen LogP contribution in [0.15, 0.2) is 12.2 Å². The number of hydrogen-bond acceptors (Lipinski definition) is 6. The predicted molar refractivity (Wildman–Crippen MR) is 111 cm³/mol. The van der Waals surface area contributed by atoms with Crippen LogP contribution in [0.2, 0.25) is 51.9 Å². The fraction of sp³-hybridized carbons (Fsp3) is 0.765. The molecule has 0 heterocycles. The van der Waals surface area contributed by atoms with Crippen LogP contribution in [0.1, 0.15) is 20.3 Å². The molecule has 0 fully saturated rings. The first-order valence-electron chi connectivity index (χ1n) is 9.08. The molecular formula is C17H36O6Si3. The molecule has 0 aliphatic rings. The number of ether oxygens (including phenoxy) is 2. The second-order valence-corrected chi connectivity index (χ2v) is 21.2. The zero-order chi connectivity index (χ0) is 20.6. The normalized spacial score (nSPS) is 13.3. The molecule has 0 radical (unpaired) electrons. The fourth-order valence-corrected chi connectivity index (χ4v) is 15.8. The van der Waals surface area contributed by atoms with Crippen molar-refractivity contribution in [2.45, 2.75) is 78.2 Å². The Hall–Kier alpha value is -0.749. The molecule has 0 saturated heterocycles. The van der Waals surface area contributed by atoms with Gasteiger partial charge in [-0.15, -0.1) is 0 Å². The topological polar surface area (TPSA) is 71.1 Å². The van der Waals surface area contributed by atoms with Gasteiger partial charge in [0.25, 0.3) is 0 Å². The third-order valence-electron chi connectivity index (χ3n) is 2.95. The van der Waals surface area contributed by atoms with E-state index in [4.69, 9.17) is 17.7 Å². The third kappa shape index (κ3) is 14.4. The first-order chi connectivity index (χ1) is 11.6. The number of esters is 2. The molecule has 6 nitrogen and oxygen atoms in total. The zero-order valence-corrected chi connectivity index (χ0v) is 20.8. The maximum atomic E-state index is 11.6. The Morgan fingerprint density at radius 1 is 0.885 bits per heavy atom. The van der Waals surface area contributed by atoms with Crippen molar-refractivity contribution in [1.29, 1.82) is 0 Å². The number of hydrogen-bond donors (Lipinski definition) is 0. The summed E-state index contributed by atoms with van der Waals surface area (Å²) in [4.78, 5) is 22.9. The van der Waals surface area contributed by atoms with Gasteiger partial charge in [0.2, 0.25) is 0 Å². The van der Waals surface area contributed by atoms with Crippen LogP contribution >= 0.6 is 0 Å². The highest BCUT2D eigenvalue weighted by Crippen LogP contribution is 2.23. The minimum absolute atomic E-state index is 0.215. The molecule has 0 unspecified atom stereocenters. The summed E-state index contributed by atoms with van der Waals surface area (Å²) in [5.41, 5.74) is 0. The summed E-state index contributed by atoms with van der Waals surface area (Å²) in [6.45, 7) is 18.8. The van der Waals surface area contributed by atoms with Gasteiger partial charge in [-0.3, -0.25) is 0 Å². The quantitative estimate of drug-likeness (QED) is 0.216. The monoisotopic (exact) mass is 420 g/mol. The summed E-state index contributed by atoms with van der Waals surface area (Å²) in [6.07, 6.45) is 2.70. The van der Waals surface area contributed by atoms with Crippen molar-refractivity contribution in [2.24, 2.45) is 0 Å². The number of carbonyl (C=O) groups excluding carboxylic acids is 2. The molecule has 0 aromatic heterocycles. The molecule has 0 atom stereocenters. The van der Waals surface area contributed by atoms with Gasteiger partial charge in [0, 0.05) is 12.2 Å². The van der Waals surface area contributed by atoms with Crippen molar-refractivity contribution in [3.8, 4) is 0 Å². The Bertz CT molecular complexity index is 495. The van der Waals surface area contributed by atoms with Crippen molar-refractivity contribution in [3.63, 3.8) is 0 Å². The minimum Gasteiger partial charge on any atom is -0.463 e. The van der Waals surface area contributed by atoms with Crippen molar-refractivity contribution in [1.82, 2.24) is 0 Å². The first-order valence-corrected chi connectivity index (χ1v) is 18.4. The lowest BCUT2D eigenvalue weighted by Crippen LogP contribution is -2.51. The maximum Gasteiger partial charge on any atom is 0.331 e. The van der Waals surface area contributed by atoms with E-state index in [1.165, 1.54) is 0 Å². The third-order valence-corrected chi connectivity index (χ3v) is 13.1. The maximum absolute atomic E-state index is 11.6. The summed E-state index contributed by atoms with van der Waals surface area (Å²) in [5.74, 6) is -1.09. The SMILES string of the molecule is CC(C)OC(=O)/C=C/C(=O)OCCC[Si](C)(C)O[Si](C)(C)O[Si](C)(C)C. The first kappa shape index (κ1) is 25.3. The van der Waals surface area contributed by atoms with E-state index in [1.54, 1.807) is 13.8 Å². The molecule has 26 heavy (non-hydrogen) atoms. The fourth-order valence-electron chi connectivity index (χ4n) is 2.60. The summed E-state index contributed by atoms with van der Waals surface area (Å²) in [7, 11) is -5.66. The molecule has 0 amide bonds. The van der Waals surface area contributed by atoms with Crippen LogP contribution in [0.3, 0.4) is 0 Å². The van der Waals surface area contributed by atoms with Gasteiger partial charge in [-0.05, 0) is 72.1 Å². The lowest BCUT2D eigenvalue weighted by molar-refractivity contribution is -0.142. The highest BCUT2D eigenvalue weighted by Gasteiger charge is 2.37. The molecule has 0 rings (SSSR count). The largest absolute Gasteiger partial charge is 0.463 e. The smallest absolute Gasteiger partial charge is 0.331 e. The van der Waals surface area contributed by atoms with Crippen LogP contribution in [0.25, 0.3) is 0 Å². The average molecular weight is 421 g/mol. The molecule has 0 aliphatic carbocycles. The average Bonchev–Trinajstić information content (AvgIpc) is 2.36. The molecule has 0 aromatic carbocycles. The molecule has 0 N–H and O–H groups in total. The van der Waals surface area contributed by atoms with Crippen LogP contribution in [-0.2, 0) is 27.3 Å². The van der Waals surface area contributed by atoms with Crippen LogP contribution in [0.4, 0.5) is 0 Å². The second-order valence-electron chi connectivity index (χ2n) is 8.57. The molecule has 152 valence electrons. The van der Waals surface area contributed by atoms with Crippen molar-refractivity contribution >= 4 is 37.1 Å². The highest BCUT2D eigenvalue weighted by atomic mass is 28.5. The number of rotatable bonds is 11. The minimum atomic E-state index is -2.14. The van der Waals surface area contributed by atoms with Crippen LogP contribution in [-0.4, -0.2) is 49.8 Å². The Kier molecular flexibility index (Phi) is 10.2. The number of carbonyl (C=O) groups is 2. The van der Waals surface area contributed by atoms with E-state index in [2.05, 4.69) is 45.8 Å². The van der Waals surface area contributed by atoms with E-state index in [0.717, 1.165) is 24.6 Å². The summed E-state index contributed by atoms with van der Waals surface area (Å²) in [6, 6.07) is 0.880. The molecule has 0 aliphatic heterocycles. The summed E-state index contributed by atoms with van der Waals surface area (Å²) < 4.78 is 22.7. The molecular weight excluding hydrogens is 384 g/mol. The zero-order valence-electron chi connectivity index (χ0n) is 17.8. The van der Waals surface area contributed by atoms with Crippen LogP contribution in [0, 0.1) is 0 Å². The molecule has 0 aromatic rings. The standard InChI is InChI=1S/C17H36O6Si3/c1-15(2)21-17(19)12-11-16(18)20-13-10-14-25(6,7)23-26(8,9)22-24(3,4)5/h11-12,15H,10,13-14H2,1-9H3/b12-11+. The van der Waals surface area contributed by atoms with Gasteiger partial charge in [-0.1, -0.05) is 0 Å². The van der Waals surface area contributed by atoms with Gasteiger partial charge < -0.3 is 17.7 Å². The van der Waals surface area contributed by atoms with E-state index in [9.17, 15) is 9.59 Å². The van der Waals surface area contributed by atoms with Gasteiger partial charge in [0.05, 0.1) is 12.7 Å². The van der Waals surface area contributed by atoms with Crippen molar-refractivity contribution in [3.05, 3.63) is 12.2 Å². The van der Waals surface area contributed by atoms with Crippen LogP contribution in [0.5, 0.6) is 0 Å². The van der Waals surface area contributed by atoms with E-state index >= 15 is 0 Å². The van der Waals surface area contributed by atoms with E-state index in [-0.39, 0.29) is 6.10 Å². The van der Waals surface area contributed by atoms with Crippen LogP contribution < -0.4 is 0 Å². The van der Waals surface area contributed by atoms with Gasteiger partial charge in [-0.25, -0.2) is 9.59 Å². The Balaban J connectivity index is 4.24. The van der Waals surface area contributed by atoms with E-state index in [0.29, 0.717) is 6.61 Å². The molecule has 9 heteroatoms. The van der Waals surface area contributed by atoms with Crippen molar-refractivity contribution in [2.75, 3.05) is 6.61 Å². The Morgan fingerprint density at radius 3 is 1.92 bits per heavy atom. The van der Waals surface area contributed by atoms with E-state index in [1.807, 2.05) is 0 Å². The van der Waals surface area contributed by atoms with Gasteiger partial charge in [0.1, 0.15) is 0 Å².